The monoisotopic (exact) mass is 381 g/mol. The van der Waals surface area contributed by atoms with Gasteiger partial charge in [-0.05, 0) is 60.7 Å². The summed E-state index contributed by atoms with van der Waals surface area (Å²) in [5, 5.41) is 0. The Morgan fingerprint density at radius 3 is 1.42 bits per heavy atom. The standard InChI is InChI=1S/C16H17Br2N/c17-15-5-1-12(2-6-15)9-14(11-19)10-13-3-7-16(18)8-4-13/h1-8,14H,9-11,19H2. The van der Waals surface area contributed by atoms with Crippen LogP contribution in [0.4, 0.5) is 0 Å². The van der Waals surface area contributed by atoms with Crippen molar-refractivity contribution in [1.82, 2.24) is 0 Å². The average Bonchev–Trinajstić information content (AvgIpc) is 2.43. The molecule has 2 aromatic rings. The van der Waals surface area contributed by atoms with Crippen LogP contribution in [0.2, 0.25) is 0 Å². The molecule has 0 aliphatic rings. The zero-order valence-electron chi connectivity index (χ0n) is 10.7. The maximum Gasteiger partial charge on any atom is 0.0175 e. The van der Waals surface area contributed by atoms with Crippen molar-refractivity contribution >= 4 is 31.9 Å². The highest BCUT2D eigenvalue weighted by atomic mass is 79.9. The fraction of sp³-hybridized carbons (Fsp3) is 0.250. The highest BCUT2D eigenvalue weighted by Gasteiger charge is 2.09. The van der Waals surface area contributed by atoms with Crippen molar-refractivity contribution in [3.8, 4) is 0 Å². The molecule has 0 aliphatic carbocycles. The van der Waals surface area contributed by atoms with Crippen LogP contribution in [-0.4, -0.2) is 6.54 Å². The van der Waals surface area contributed by atoms with Gasteiger partial charge in [-0.25, -0.2) is 0 Å². The predicted molar refractivity (Wildman–Crippen MR) is 88.2 cm³/mol. The summed E-state index contributed by atoms with van der Waals surface area (Å²) in [6.45, 7) is 0.714. The number of nitrogens with two attached hydrogens (primary N) is 1. The summed E-state index contributed by atoms with van der Waals surface area (Å²) in [5.41, 5.74) is 8.60. The molecule has 0 spiro atoms. The number of hydrogen-bond donors (Lipinski definition) is 1. The first-order valence-electron chi connectivity index (χ1n) is 6.36. The van der Waals surface area contributed by atoms with Crippen molar-refractivity contribution in [2.24, 2.45) is 11.7 Å². The Kier molecular flexibility index (Phi) is 5.61. The topological polar surface area (TPSA) is 26.0 Å². The first-order chi connectivity index (χ1) is 9.17. The summed E-state index contributed by atoms with van der Waals surface area (Å²) < 4.78 is 2.24. The first-order valence-corrected chi connectivity index (χ1v) is 7.95. The third kappa shape index (κ3) is 4.75. The van der Waals surface area contributed by atoms with Gasteiger partial charge in [0.1, 0.15) is 0 Å². The summed E-state index contributed by atoms with van der Waals surface area (Å²) in [7, 11) is 0. The lowest BCUT2D eigenvalue weighted by atomic mass is 9.93. The third-order valence-corrected chi connectivity index (χ3v) is 4.27. The van der Waals surface area contributed by atoms with Crippen molar-refractivity contribution in [3.05, 3.63) is 68.6 Å². The Morgan fingerprint density at radius 2 is 1.11 bits per heavy atom. The van der Waals surface area contributed by atoms with Crippen molar-refractivity contribution in [2.45, 2.75) is 12.8 Å². The van der Waals surface area contributed by atoms with Crippen LogP contribution in [-0.2, 0) is 12.8 Å². The highest BCUT2D eigenvalue weighted by molar-refractivity contribution is 9.10. The Hall–Kier alpha value is -0.640. The van der Waals surface area contributed by atoms with E-state index in [1.807, 2.05) is 0 Å². The van der Waals surface area contributed by atoms with Gasteiger partial charge in [-0.1, -0.05) is 56.1 Å². The third-order valence-electron chi connectivity index (χ3n) is 3.21. The van der Waals surface area contributed by atoms with Gasteiger partial charge in [-0.2, -0.15) is 0 Å². The van der Waals surface area contributed by atoms with Gasteiger partial charge in [0.15, 0.2) is 0 Å². The van der Waals surface area contributed by atoms with E-state index in [1.54, 1.807) is 0 Å². The molecule has 0 fully saturated rings. The average molecular weight is 383 g/mol. The molecule has 0 amide bonds. The fourth-order valence-corrected chi connectivity index (χ4v) is 2.68. The molecule has 2 aromatic carbocycles. The van der Waals surface area contributed by atoms with Gasteiger partial charge in [-0.3, -0.25) is 0 Å². The van der Waals surface area contributed by atoms with Crippen molar-refractivity contribution in [1.29, 1.82) is 0 Å². The van der Waals surface area contributed by atoms with Crippen LogP contribution >= 0.6 is 31.9 Å². The number of halogens is 2. The fourth-order valence-electron chi connectivity index (χ4n) is 2.15. The molecule has 0 aromatic heterocycles. The Bertz CT molecular complexity index is 458. The van der Waals surface area contributed by atoms with Gasteiger partial charge in [0.05, 0.1) is 0 Å². The van der Waals surface area contributed by atoms with Gasteiger partial charge < -0.3 is 5.73 Å². The molecule has 0 heterocycles. The molecule has 0 saturated carbocycles. The van der Waals surface area contributed by atoms with Gasteiger partial charge in [0.2, 0.25) is 0 Å². The normalized spacial score (nSPS) is 10.9. The van der Waals surface area contributed by atoms with E-state index in [4.69, 9.17) is 5.73 Å². The molecule has 19 heavy (non-hydrogen) atoms. The van der Waals surface area contributed by atoms with Crippen molar-refractivity contribution < 1.29 is 0 Å². The molecular weight excluding hydrogens is 366 g/mol. The minimum Gasteiger partial charge on any atom is -0.330 e. The van der Waals surface area contributed by atoms with Crippen LogP contribution in [0.5, 0.6) is 0 Å². The molecule has 2 N–H and O–H groups in total. The Morgan fingerprint density at radius 1 is 0.737 bits per heavy atom. The van der Waals surface area contributed by atoms with Crippen molar-refractivity contribution in [2.75, 3.05) is 6.54 Å². The lowest BCUT2D eigenvalue weighted by Gasteiger charge is -2.15. The maximum atomic E-state index is 5.91. The quantitative estimate of drug-likeness (QED) is 0.805. The zero-order chi connectivity index (χ0) is 13.7. The predicted octanol–water partition coefficient (Wildman–Crippen LogP) is 4.57. The lowest BCUT2D eigenvalue weighted by Crippen LogP contribution is -2.19. The van der Waals surface area contributed by atoms with E-state index in [9.17, 15) is 0 Å². The van der Waals surface area contributed by atoms with Crippen LogP contribution in [0, 0.1) is 5.92 Å². The SMILES string of the molecule is NCC(Cc1ccc(Br)cc1)Cc1ccc(Br)cc1. The minimum atomic E-state index is 0.488. The zero-order valence-corrected chi connectivity index (χ0v) is 13.8. The molecule has 0 atom stereocenters. The van der Waals surface area contributed by atoms with E-state index in [1.165, 1.54) is 11.1 Å². The second kappa shape index (κ2) is 7.22. The summed E-state index contributed by atoms with van der Waals surface area (Å²) in [5.74, 6) is 0.488. The molecule has 0 unspecified atom stereocenters. The van der Waals surface area contributed by atoms with E-state index in [-0.39, 0.29) is 0 Å². The van der Waals surface area contributed by atoms with E-state index in [2.05, 4.69) is 80.4 Å². The molecule has 0 radical (unpaired) electrons. The molecule has 0 aliphatic heterocycles. The van der Waals surface area contributed by atoms with E-state index >= 15 is 0 Å². The molecule has 1 nitrogen and oxygen atoms in total. The molecule has 2 rings (SSSR count). The first kappa shape index (κ1) is 14.8. The molecule has 0 saturated heterocycles. The van der Waals surface area contributed by atoms with Gasteiger partial charge >= 0.3 is 0 Å². The Balaban J connectivity index is 2.00. The molecule has 100 valence electrons. The molecular formula is C16H17Br2N. The van der Waals surface area contributed by atoms with E-state index in [0.29, 0.717) is 12.5 Å². The lowest BCUT2D eigenvalue weighted by molar-refractivity contribution is 0.533. The second-order valence-electron chi connectivity index (χ2n) is 4.76. The second-order valence-corrected chi connectivity index (χ2v) is 6.59. The largest absolute Gasteiger partial charge is 0.330 e. The van der Waals surface area contributed by atoms with Crippen LogP contribution < -0.4 is 5.73 Å². The Labute approximate surface area is 131 Å². The van der Waals surface area contributed by atoms with Gasteiger partial charge in [-0.15, -0.1) is 0 Å². The van der Waals surface area contributed by atoms with Crippen LogP contribution in [0.15, 0.2) is 57.5 Å². The van der Waals surface area contributed by atoms with E-state index in [0.717, 1.165) is 21.8 Å². The van der Waals surface area contributed by atoms with Crippen LogP contribution in [0.1, 0.15) is 11.1 Å². The van der Waals surface area contributed by atoms with Gasteiger partial charge in [0.25, 0.3) is 0 Å². The van der Waals surface area contributed by atoms with Crippen molar-refractivity contribution in [3.63, 3.8) is 0 Å². The molecule has 3 heteroatoms. The smallest absolute Gasteiger partial charge is 0.0175 e. The summed E-state index contributed by atoms with van der Waals surface area (Å²) in [6, 6.07) is 17.0. The minimum absolute atomic E-state index is 0.488. The number of rotatable bonds is 5. The van der Waals surface area contributed by atoms with Crippen LogP contribution in [0.25, 0.3) is 0 Å². The van der Waals surface area contributed by atoms with Gasteiger partial charge in [0, 0.05) is 8.95 Å². The number of hydrogen-bond acceptors (Lipinski definition) is 1. The maximum absolute atomic E-state index is 5.91. The van der Waals surface area contributed by atoms with E-state index < -0.39 is 0 Å². The summed E-state index contributed by atoms with van der Waals surface area (Å²) in [6.07, 6.45) is 2.06. The molecule has 0 bridgehead atoms. The van der Waals surface area contributed by atoms with Crippen LogP contribution in [0.3, 0.4) is 0 Å². The summed E-state index contributed by atoms with van der Waals surface area (Å²) in [4.78, 5) is 0. The highest BCUT2D eigenvalue weighted by Crippen LogP contribution is 2.18. The summed E-state index contributed by atoms with van der Waals surface area (Å²) >= 11 is 6.92. The number of benzene rings is 2.